The molecule has 0 radical (unpaired) electrons. The van der Waals surface area contributed by atoms with Gasteiger partial charge in [-0.1, -0.05) is 138 Å². The van der Waals surface area contributed by atoms with Crippen LogP contribution in [-0.4, -0.2) is 0 Å². The van der Waals surface area contributed by atoms with E-state index in [4.69, 9.17) is 23.2 Å². The number of benzene rings is 9. The van der Waals surface area contributed by atoms with Gasteiger partial charge in [0.1, 0.15) is 0 Å². The van der Waals surface area contributed by atoms with Gasteiger partial charge in [0.25, 0.3) is 0 Å². The first-order chi connectivity index (χ1) is 29.5. The van der Waals surface area contributed by atoms with E-state index < -0.39 is 0 Å². The maximum atomic E-state index is 6.44. The van der Waals surface area contributed by atoms with Crippen LogP contribution >= 0.6 is 23.2 Å². The van der Waals surface area contributed by atoms with Gasteiger partial charge in [0, 0.05) is 61.2 Å². The summed E-state index contributed by atoms with van der Waals surface area (Å²) in [6.45, 7) is 2.12. The van der Waals surface area contributed by atoms with Crippen molar-refractivity contribution in [1.82, 2.24) is 0 Å². The molecule has 0 saturated carbocycles. The van der Waals surface area contributed by atoms with E-state index in [9.17, 15) is 0 Å². The molecule has 0 aromatic heterocycles. The summed E-state index contributed by atoms with van der Waals surface area (Å²) < 4.78 is 0. The van der Waals surface area contributed by atoms with E-state index in [1.54, 1.807) is 0 Å². The van der Waals surface area contributed by atoms with E-state index in [2.05, 4.69) is 204 Å². The Kier molecular flexibility index (Phi) is 11.2. The molecule has 0 fully saturated rings. The molecule has 0 bridgehead atoms. The third-order valence-electron chi connectivity index (χ3n) is 10.6. The highest BCUT2D eigenvalue weighted by Gasteiger charge is 2.17. The maximum absolute atomic E-state index is 6.44. The summed E-state index contributed by atoms with van der Waals surface area (Å²) in [5.41, 5.74) is 15.3. The third kappa shape index (κ3) is 8.41. The molecule has 9 rings (SSSR count). The molecule has 0 amide bonds. The molecule has 9 aromatic carbocycles. The van der Waals surface area contributed by atoms with Gasteiger partial charge in [-0.2, -0.15) is 0 Å². The summed E-state index contributed by atoms with van der Waals surface area (Å²) in [6, 6.07) is 80.4. The molecule has 290 valence electrons. The Bertz CT molecular complexity index is 2630. The Balaban J connectivity index is 0.983. The van der Waals surface area contributed by atoms with Crippen LogP contribution in [0.15, 0.2) is 231 Å². The van der Waals surface area contributed by atoms with Crippen molar-refractivity contribution in [3.8, 4) is 22.3 Å². The molecule has 3 nitrogen and oxygen atoms in total. The van der Waals surface area contributed by atoms with Crippen molar-refractivity contribution < 1.29 is 0 Å². The van der Waals surface area contributed by atoms with E-state index in [0.717, 1.165) is 73.4 Å². The minimum Gasteiger partial charge on any atom is -0.311 e. The molecule has 0 aliphatic rings. The van der Waals surface area contributed by atoms with Gasteiger partial charge in [0.15, 0.2) is 0 Å². The predicted molar refractivity (Wildman–Crippen MR) is 256 cm³/mol. The predicted octanol–water partition coefficient (Wildman–Crippen LogP) is 17.0. The number of hydrogen-bond acceptors (Lipinski definition) is 3. The number of nitrogens with zero attached hydrogens (tertiary/aromatic N) is 3. The Hall–Kier alpha value is -7.04. The van der Waals surface area contributed by atoms with Crippen LogP contribution in [-0.2, 0) is 0 Å². The molecular weight excluding hydrogens is 774 g/mol. The zero-order chi connectivity index (χ0) is 40.8. The lowest BCUT2D eigenvalue weighted by molar-refractivity contribution is 1.27. The fraction of sp³-hybridized carbons (Fsp3) is 0.0182. The van der Waals surface area contributed by atoms with Crippen LogP contribution in [0.5, 0.6) is 0 Å². The maximum Gasteiger partial charge on any atom is 0.0476 e. The zero-order valence-corrected chi connectivity index (χ0v) is 34.5. The number of aryl methyl sites for hydroxylation is 1. The average molecular weight is 815 g/mol. The van der Waals surface area contributed by atoms with Crippen molar-refractivity contribution in [2.45, 2.75) is 6.92 Å². The van der Waals surface area contributed by atoms with Crippen molar-refractivity contribution in [3.05, 3.63) is 246 Å². The van der Waals surface area contributed by atoms with Gasteiger partial charge in [0.05, 0.1) is 0 Å². The quantitative estimate of drug-likeness (QED) is 0.129. The first-order valence-corrected chi connectivity index (χ1v) is 20.7. The fourth-order valence-electron chi connectivity index (χ4n) is 7.63. The average Bonchev–Trinajstić information content (AvgIpc) is 3.29. The van der Waals surface area contributed by atoms with Crippen LogP contribution in [0, 0.1) is 6.92 Å². The van der Waals surface area contributed by atoms with E-state index in [1.807, 2.05) is 48.5 Å². The first-order valence-electron chi connectivity index (χ1n) is 20.0. The highest BCUT2D eigenvalue weighted by molar-refractivity contribution is 6.31. The molecule has 0 spiro atoms. The van der Waals surface area contributed by atoms with Gasteiger partial charge >= 0.3 is 0 Å². The van der Waals surface area contributed by atoms with Crippen molar-refractivity contribution in [1.29, 1.82) is 0 Å². The van der Waals surface area contributed by atoms with E-state index in [0.29, 0.717) is 10.0 Å². The third-order valence-corrected chi connectivity index (χ3v) is 11.1. The highest BCUT2D eigenvalue weighted by Crippen LogP contribution is 2.40. The van der Waals surface area contributed by atoms with Crippen LogP contribution in [0.2, 0.25) is 10.0 Å². The molecular formula is C55H41Cl2N3. The topological polar surface area (TPSA) is 9.72 Å². The molecule has 0 saturated heterocycles. The minimum atomic E-state index is 0.702. The Labute approximate surface area is 362 Å². The summed E-state index contributed by atoms with van der Waals surface area (Å²) in [6.07, 6.45) is 0. The lowest BCUT2D eigenvalue weighted by atomic mass is 10.0. The van der Waals surface area contributed by atoms with Gasteiger partial charge in [-0.25, -0.2) is 0 Å². The Morgan fingerprint density at radius 2 is 0.500 bits per heavy atom. The largest absolute Gasteiger partial charge is 0.311 e. The molecule has 0 atom stereocenters. The summed E-state index contributed by atoms with van der Waals surface area (Å²) in [5.74, 6) is 0. The fourth-order valence-corrected chi connectivity index (χ4v) is 8.00. The SMILES string of the molecule is Cc1ccc(N(c2ccc(-c3ccc(N(c4ccccc4)c4cccc(Cl)c4)cc3)cc2)c2ccc(-c3ccc(N(c4ccccc4)c4cccc(Cl)c4)cc3)cc2)cc1. The number of hydrogen-bond donors (Lipinski definition) is 0. The smallest absolute Gasteiger partial charge is 0.0476 e. The summed E-state index contributed by atoms with van der Waals surface area (Å²) in [4.78, 5) is 6.76. The van der Waals surface area contributed by atoms with Crippen LogP contribution in [0.25, 0.3) is 22.3 Å². The number of rotatable bonds is 11. The van der Waals surface area contributed by atoms with E-state index in [-0.39, 0.29) is 0 Å². The van der Waals surface area contributed by atoms with Gasteiger partial charge in [0.2, 0.25) is 0 Å². The normalized spacial score (nSPS) is 10.9. The Morgan fingerprint density at radius 1 is 0.250 bits per heavy atom. The number of halogens is 2. The van der Waals surface area contributed by atoms with Crippen LogP contribution in [0.1, 0.15) is 5.56 Å². The second kappa shape index (κ2) is 17.4. The second-order valence-corrected chi connectivity index (χ2v) is 15.5. The van der Waals surface area contributed by atoms with Crippen molar-refractivity contribution in [2.75, 3.05) is 14.7 Å². The lowest BCUT2D eigenvalue weighted by Crippen LogP contribution is -2.10. The monoisotopic (exact) mass is 813 g/mol. The van der Waals surface area contributed by atoms with E-state index in [1.165, 1.54) is 5.56 Å². The highest BCUT2D eigenvalue weighted by atomic mass is 35.5. The van der Waals surface area contributed by atoms with Gasteiger partial charge < -0.3 is 14.7 Å². The van der Waals surface area contributed by atoms with Crippen LogP contribution in [0.4, 0.5) is 51.2 Å². The Morgan fingerprint density at radius 3 is 0.800 bits per heavy atom. The minimum absolute atomic E-state index is 0.702. The number of anilines is 9. The second-order valence-electron chi connectivity index (χ2n) is 14.7. The van der Waals surface area contributed by atoms with Gasteiger partial charge in [-0.15, -0.1) is 0 Å². The van der Waals surface area contributed by atoms with Crippen molar-refractivity contribution >= 4 is 74.4 Å². The van der Waals surface area contributed by atoms with Crippen molar-refractivity contribution in [3.63, 3.8) is 0 Å². The van der Waals surface area contributed by atoms with Crippen molar-refractivity contribution in [2.24, 2.45) is 0 Å². The van der Waals surface area contributed by atoms with Crippen LogP contribution in [0.3, 0.4) is 0 Å². The summed E-state index contributed by atoms with van der Waals surface area (Å²) in [7, 11) is 0. The molecule has 5 heteroatoms. The molecule has 0 aliphatic carbocycles. The summed E-state index contributed by atoms with van der Waals surface area (Å²) in [5, 5.41) is 1.40. The lowest BCUT2D eigenvalue weighted by Gasteiger charge is -2.26. The van der Waals surface area contributed by atoms with Gasteiger partial charge in [-0.3, -0.25) is 0 Å². The molecule has 9 aromatic rings. The standard InChI is InChI=1S/C55H41Cl2N3/c1-40-18-28-49(29-19-40)58(50-30-20-41(21-31-50)43-24-34-52(35-25-43)59(47-12-4-2-5-13-47)54-16-8-10-45(56)38-54)51-32-22-42(23-33-51)44-26-36-53(37-27-44)60(48-14-6-3-7-15-48)55-17-9-11-46(57)39-55/h2-39H,1H3. The molecule has 0 N–H and O–H groups in total. The van der Waals surface area contributed by atoms with E-state index >= 15 is 0 Å². The molecule has 0 aliphatic heterocycles. The molecule has 60 heavy (non-hydrogen) atoms. The van der Waals surface area contributed by atoms with Crippen LogP contribution < -0.4 is 14.7 Å². The van der Waals surface area contributed by atoms with Gasteiger partial charge in [-0.05, 0) is 151 Å². The molecule has 0 heterocycles. The first kappa shape index (κ1) is 38.5. The summed E-state index contributed by atoms with van der Waals surface area (Å²) >= 11 is 12.9. The zero-order valence-electron chi connectivity index (χ0n) is 33.0. The molecule has 0 unspecified atom stereocenters. The number of para-hydroxylation sites is 2.